The Bertz CT molecular complexity index is 1560. The highest BCUT2D eigenvalue weighted by Crippen LogP contribution is 2.67. The third kappa shape index (κ3) is 3.51. The Morgan fingerprint density at radius 3 is 2.41 bits per heavy atom. The van der Waals surface area contributed by atoms with E-state index in [2.05, 4.69) is 45.7 Å². The first-order valence-corrected chi connectivity index (χ1v) is 15.5. The van der Waals surface area contributed by atoms with E-state index < -0.39 is 11.4 Å². The maximum absolute atomic E-state index is 15.0. The van der Waals surface area contributed by atoms with E-state index in [1.54, 1.807) is 13.2 Å². The van der Waals surface area contributed by atoms with Gasteiger partial charge in [0.25, 0.3) is 0 Å². The lowest BCUT2D eigenvalue weighted by atomic mass is 9.81. The quantitative estimate of drug-likeness (QED) is 0.464. The van der Waals surface area contributed by atoms with E-state index in [0.717, 1.165) is 49.7 Å². The molecule has 214 valence electrons. The summed E-state index contributed by atoms with van der Waals surface area (Å²) < 4.78 is 8.53. The molecular weight excluding hydrogens is 514 g/mol. The average molecular weight is 554 g/mol. The highest BCUT2D eigenvalue weighted by molar-refractivity contribution is 6.00. The van der Waals surface area contributed by atoms with Gasteiger partial charge in [0.2, 0.25) is 5.91 Å². The van der Waals surface area contributed by atoms with Crippen LogP contribution in [0.1, 0.15) is 78.3 Å². The van der Waals surface area contributed by atoms with E-state index >= 15 is 0 Å². The number of rotatable bonds is 4. The van der Waals surface area contributed by atoms with Crippen LogP contribution in [0.4, 0.5) is 0 Å². The van der Waals surface area contributed by atoms with Crippen LogP contribution in [-0.2, 0) is 16.1 Å². The molecule has 5 atom stereocenters. The van der Waals surface area contributed by atoms with Crippen LogP contribution in [0.2, 0.25) is 0 Å². The van der Waals surface area contributed by atoms with Crippen LogP contribution in [0.15, 0.2) is 42.5 Å². The number of likely N-dealkylation sites (N-methyl/N-ethyl adjacent to an activating group) is 1. The van der Waals surface area contributed by atoms with Gasteiger partial charge in [-0.1, -0.05) is 49.6 Å². The van der Waals surface area contributed by atoms with Crippen molar-refractivity contribution in [3.05, 3.63) is 59.2 Å². The number of amides is 1. The van der Waals surface area contributed by atoms with E-state index in [0.29, 0.717) is 18.0 Å². The van der Waals surface area contributed by atoms with Gasteiger partial charge in [-0.25, -0.2) is 4.79 Å². The topological polar surface area (TPSA) is 75.0 Å². The Kier molecular flexibility index (Phi) is 5.71. The van der Waals surface area contributed by atoms with E-state index in [4.69, 9.17) is 4.74 Å². The SMILES string of the molecule is COC1C2c3ccccc3-c3c(C4CCCCC4)c4ccc(C(=O)O)cc4n3CC12C(=O)N1C2CCC1CN(C)C2. The van der Waals surface area contributed by atoms with Crippen molar-refractivity contribution in [2.24, 2.45) is 5.41 Å². The Labute approximate surface area is 241 Å². The number of likely N-dealkylation sites (tertiary alicyclic amines) is 1. The van der Waals surface area contributed by atoms with E-state index in [1.807, 2.05) is 12.1 Å². The lowest BCUT2D eigenvalue weighted by Crippen LogP contribution is -2.57. The normalized spacial score (nSPS) is 30.9. The molecule has 2 bridgehead atoms. The van der Waals surface area contributed by atoms with Gasteiger partial charge in [0, 0.05) is 61.2 Å². The molecule has 5 unspecified atom stereocenters. The second-order valence-corrected chi connectivity index (χ2v) is 13.3. The number of carbonyl (C=O) groups excluding carboxylic acids is 1. The standard InChI is InChI=1S/C34H39N3O4/c1-35-17-22-13-14-23(18-35)37(22)33(40)34-19-36-27-16-21(32(38)39)12-15-26(27)28(20-8-4-3-5-9-20)30(36)25-11-7-6-10-24(25)29(34)31(34)41-2/h6-7,10-12,15-16,20,22-23,29,31H,3-5,8-9,13-14,17-19H2,1-2H3,(H,38,39). The van der Waals surface area contributed by atoms with Gasteiger partial charge in [-0.05, 0) is 61.9 Å². The first kappa shape index (κ1) is 25.5. The molecule has 2 aromatic carbocycles. The maximum Gasteiger partial charge on any atom is 0.335 e. The molecule has 0 radical (unpaired) electrons. The highest BCUT2D eigenvalue weighted by atomic mass is 16.5. The average Bonchev–Trinajstić information content (AvgIpc) is 3.46. The van der Waals surface area contributed by atoms with Crippen LogP contribution < -0.4 is 0 Å². The number of carbonyl (C=O) groups is 2. The number of aromatic nitrogens is 1. The molecule has 4 fully saturated rings. The number of nitrogens with zero attached hydrogens (tertiary/aromatic N) is 3. The molecule has 1 N–H and O–H groups in total. The highest BCUT2D eigenvalue weighted by Gasteiger charge is 2.74. The van der Waals surface area contributed by atoms with Crippen molar-refractivity contribution in [1.82, 2.24) is 14.4 Å². The molecule has 1 aromatic heterocycles. The molecule has 2 aliphatic carbocycles. The first-order valence-electron chi connectivity index (χ1n) is 15.5. The lowest BCUT2D eigenvalue weighted by molar-refractivity contribution is -0.145. The van der Waals surface area contributed by atoms with Crippen molar-refractivity contribution in [3.63, 3.8) is 0 Å². The van der Waals surface area contributed by atoms with Crippen LogP contribution in [0, 0.1) is 5.41 Å². The molecule has 5 aliphatic rings. The van der Waals surface area contributed by atoms with Crippen LogP contribution in [-0.4, -0.2) is 76.8 Å². The fraction of sp³-hybridized carbons (Fsp3) is 0.529. The molecular formula is C34H39N3O4. The zero-order chi connectivity index (χ0) is 28.0. The third-order valence-electron chi connectivity index (χ3n) is 11.1. The van der Waals surface area contributed by atoms with Crippen molar-refractivity contribution >= 4 is 22.8 Å². The molecule has 0 spiro atoms. The van der Waals surface area contributed by atoms with Crippen molar-refractivity contribution < 1.29 is 19.4 Å². The van der Waals surface area contributed by atoms with E-state index in [9.17, 15) is 14.7 Å². The Morgan fingerprint density at radius 1 is 0.976 bits per heavy atom. The number of piperazine rings is 1. The summed E-state index contributed by atoms with van der Waals surface area (Å²) in [5.41, 5.74) is 5.45. The number of carboxylic acid groups (broad SMARTS) is 1. The third-order valence-corrected chi connectivity index (χ3v) is 11.1. The predicted molar refractivity (Wildman–Crippen MR) is 157 cm³/mol. The van der Waals surface area contributed by atoms with Crippen molar-refractivity contribution in [2.75, 3.05) is 27.2 Å². The van der Waals surface area contributed by atoms with Crippen LogP contribution in [0.25, 0.3) is 22.2 Å². The van der Waals surface area contributed by atoms with Gasteiger partial charge in [-0.15, -0.1) is 0 Å². The molecule has 41 heavy (non-hydrogen) atoms. The van der Waals surface area contributed by atoms with Crippen molar-refractivity contribution in [2.45, 2.75) is 81.5 Å². The summed E-state index contributed by atoms with van der Waals surface area (Å²) in [6, 6.07) is 14.7. The second kappa shape index (κ2) is 9.17. The summed E-state index contributed by atoms with van der Waals surface area (Å²) in [6.07, 6.45) is 7.90. The van der Waals surface area contributed by atoms with Gasteiger partial charge in [-0.3, -0.25) is 4.79 Å². The van der Waals surface area contributed by atoms with E-state index in [-0.39, 0.29) is 30.0 Å². The number of aromatic carboxylic acids is 1. The molecule has 3 aliphatic heterocycles. The minimum atomic E-state index is -0.922. The minimum Gasteiger partial charge on any atom is -0.478 e. The van der Waals surface area contributed by atoms with Gasteiger partial charge >= 0.3 is 5.97 Å². The van der Waals surface area contributed by atoms with Crippen LogP contribution >= 0.6 is 0 Å². The molecule has 2 saturated carbocycles. The zero-order valence-corrected chi connectivity index (χ0v) is 24.0. The smallest absolute Gasteiger partial charge is 0.335 e. The van der Waals surface area contributed by atoms with E-state index in [1.165, 1.54) is 41.6 Å². The summed E-state index contributed by atoms with van der Waals surface area (Å²) in [7, 11) is 3.91. The molecule has 1 amide bonds. The number of ether oxygens (including phenoxy) is 1. The van der Waals surface area contributed by atoms with Gasteiger partial charge < -0.3 is 24.2 Å². The largest absolute Gasteiger partial charge is 0.478 e. The monoisotopic (exact) mass is 553 g/mol. The number of methoxy groups -OCH3 is 1. The Morgan fingerprint density at radius 2 is 1.71 bits per heavy atom. The first-order chi connectivity index (χ1) is 19.9. The van der Waals surface area contributed by atoms with Crippen molar-refractivity contribution in [1.29, 1.82) is 0 Å². The fourth-order valence-electron chi connectivity index (χ4n) is 9.40. The van der Waals surface area contributed by atoms with Gasteiger partial charge in [0.15, 0.2) is 0 Å². The molecule has 8 rings (SSSR count). The van der Waals surface area contributed by atoms with Crippen LogP contribution in [0.5, 0.6) is 0 Å². The molecule has 4 heterocycles. The summed E-state index contributed by atoms with van der Waals surface area (Å²) in [5, 5.41) is 11.1. The summed E-state index contributed by atoms with van der Waals surface area (Å²) in [6.45, 7) is 2.35. The van der Waals surface area contributed by atoms with Crippen molar-refractivity contribution in [3.8, 4) is 11.3 Å². The zero-order valence-electron chi connectivity index (χ0n) is 24.0. The van der Waals surface area contributed by atoms with Gasteiger partial charge in [-0.2, -0.15) is 0 Å². The maximum atomic E-state index is 15.0. The molecule has 2 saturated heterocycles. The molecule has 7 heteroatoms. The van der Waals surface area contributed by atoms with Gasteiger partial charge in [0.1, 0.15) is 5.41 Å². The molecule has 3 aromatic rings. The lowest BCUT2D eigenvalue weighted by Gasteiger charge is -2.41. The summed E-state index contributed by atoms with van der Waals surface area (Å²) >= 11 is 0. The second-order valence-electron chi connectivity index (χ2n) is 13.3. The minimum absolute atomic E-state index is 0.0212. The number of hydrogen-bond acceptors (Lipinski definition) is 4. The molecule has 7 nitrogen and oxygen atoms in total. The summed E-state index contributed by atoms with van der Waals surface area (Å²) in [5.74, 6) is -0.284. The predicted octanol–water partition coefficient (Wildman–Crippen LogP) is 5.47. The number of carboxylic acids is 1. The number of benzene rings is 2. The number of hydrogen-bond donors (Lipinski definition) is 1. The fourth-order valence-corrected chi connectivity index (χ4v) is 9.40. The Balaban J connectivity index is 1.37. The Hall–Kier alpha value is -3.16. The van der Waals surface area contributed by atoms with Crippen LogP contribution in [0.3, 0.4) is 0 Å². The summed E-state index contributed by atoms with van der Waals surface area (Å²) in [4.78, 5) is 31.7. The van der Waals surface area contributed by atoms with Gasteiger partial charge in [0.05, 0.1) is 17.4 Å². The number of fused-ring (bicyclic) bond motifs is 9.